The van der Waals surface area contributed by atoms with E-state index < -0.39 is 5.97 Å². The number of carboxylic acids is 1. The lowest BCUT2D eigenvalue weighted by Gasteiger charge is -2.02. The third kappa shape index (κ3) is 8.27. The molecule has 3 heteroatoms. The van der Waals surface area contributed by atoms with Gasteiger partial charge in [-0.2, -0.15) is 0 Å². The number of benzene rings is 1. The maximum Gasteiger partial charge on any atom is 0.106 e. The zero-order valence-electron chi connectivity index (χ0n) is 13.1. The highest BCUT2D eigenvalue weighted by molar-refractivity contribution is 5.83. The number of carbonyl (C=O) groups is 1. The molecule has 1 aromatic rings. The molecule has 0 atom stereocenters. The van der Waals surface area contributed by atoms with Gasteiger partial charge in [0.25, 0.3) is 0 Å². The van der Waals surface area contributed by atoms with Gasteiger partial charge < -0.3 is 15.2 Å². The second-order valence-electron chi connectivity index (χ2n) is 4.84. The largest absolute Gasteiger partial charge is 0.545 e. The Kier molecular flexibility index (Phi) is 9.05. The van der Waals surface area contributed by atoms with Gasteiger partial charge in [-0.25, -0.2) is 0 Å². The molecule has 110 valence electrons. The van der Waals surface area contributed by atoms with Crippen LogP contribution in [-0.2, 0) is 11.3 Å². The van der Waals surface area contributed by atoms with E-state index in [1.54, 1.807) is 6.92 Å². The molecule has 1 rings (SSSR count). The van der Waals surface area contributed by atoms with Crippen LogP contribution in [0.1, 0.15) is 40.2 Å². The number of aliphatic carboxylic acids is 1. The van der Waals surface area contributed by atoms with Crippen molar-refractivity contribution in [2.75, 3.05) is 0 Å². The molecule has 1 aromatic carbocycles. The summed E-state index contributed by atoms with van der Waals surface area (Å²) < 4.78 is 0. The number of nitrogens with two attached hydrogens (primary N) is 1. The molecular formula is C17H25NO2. The molecule has 0 radical (unpaired) electrons. The van der Waals surface area contributed by atoms with Crippen LogP contribution in [0.4, 0.5) is 0 Å². The van der Waals surface area contributed by atoms with Gasteiger partial charge >= 0.3 is 0 Å². The zero-order chi connectivity index (χ0) is 15.5. The predicted molar refractivity (Wildman–Crippen MR) is 80.6 cm³/mol. The van der Waals surface area contributed by atoms with Gasteiger partial charge in [0, 0.05) is 12.5 Å². The Balaban J connectivity index is 0.000000441. The summed E-state index contributed by atoms with van der Waals surface area (Å²) in [5.41, 5.74) is 4.45. The number of hydrogen-bond acceptors (Lipinski definition) is 2. The van der Waals surface area contributed by atoms with Crippen molar-refractivity contribution in [2.45, 2.75) is 41.2 Å². The molecule has 0 fully saturated rings. The summed E-state index contributed by atoms with van der Waals surface area (Å²) >= 11 is 0. The van der Waals surface area contributed by atoms with E-state index in [1.165, 1.54) is 29.8 Å². The highest BCUT2D eigenvalue weighted by Gasteiger charge is 1.97. The lowest BCUT2D eigenvalue weighted by Crippen LogP contribution is -2.80. The van der Waals surface area contributed by atoms with Gasteiger partial charge in [0.15, 0.2) is 0 Å². The topological polar surface area (TPSA) is 56.7 Å². The Hall–Kier alpha value is -1.87. The highest BCUT2D eigenvalue weighted by Crippen LogP contribution is 1.96. The second kappa shape index (κ2) is 9.98. The SMILES string of the molecule is CC(C)=C(C)[NH2+]Cc1ccccc1.CC=C(C)C(=O)[O-]. The zero-order valence-corrected chi connectivity index (χ0v) is 13.1. The van der Waals surface area contributed by atoms with E-state index in [-0.39, 0.29) is 5.57 Å². The summed E-state index contributed by atoms with van der Waals surface area (Å²) in [6.45, 7) is 10.7. The average Bonchev–Trinajstić information content (AvgIpc) is 2.45. The molecule has 0 aromatic heterocycles. The summed E-state index contributed by atoms with van der Waals surface area (Å²) in [5.74, 6) is -1.09. The van der Waals surface area contributed by atoms with Crippen molar-refractivity contribution in [1.29, 1.82) is 0 Å². The number of rotatable bonds is 4. The second-order valence-corrected chi connectivity index (χ2v) is 4.84. The summed E-state index contributed by atoms with van der Waals surface area (Å²) in [6.07, 6.45) is 1.50. The third-order valence-electron chi connectivity index (χ3n) is 3.03. The molecule has 0 aliphatic heterocycles. The summed E-state index contributed by atoms with van der Waals surface area (Å²) in [6, 6.07) is 10.5. The van der Waals surface area contributed by atoms with E-state index >= 15 is 0 Å². The fourth-order valence-corrected chi connectivity index (χ4v) is 1.21. The molecular weight excluding hydrogens is 250 g/mol. The number of allylic oxidation sites excluding steroid dienone is 3. The first-order chi connectivity index (χ1) is 9.38. The van der Waals surface area contributed by atoms with Crippen molar-refractivity contribution in [3.05, 3.63) is 58.8 Å². The van der Waals surface area contributed by atoms with Gasteiger partial charge in [-0.3, -0.25) is 0 Å². The smallest absolute Gasteiger partial charge is 0.106 e. The normalized spacial score (nSPS) is 10.3. The predicted octanol–water partition coefficient (Wildman–Crippen LogP) is 1.77. The van der Waals surface area contributed by atoms with Gasteiger partial charge in [-0.15, -0.1) is 0 Å². The maximum atomic E-state index is 9.75. The number of hydrogen-bond donors (Lipinski definition) is 1. The van der Waals surface area contributed by atoms with Gasteiger partial charge in [-0.05, 0) is 38.8 Å². The number of carboxylic acid groups (broad SMARTS) is 1. The Morgan fingerprint density at radius 1 is 1.15 bits per heavy atom. The van der Waals surface area contributed by atoms with Crippen molar-refractivity contribution >= 4 is 5.97 Å². The molecule has 0 saturated heterocycles. The molecule has 0 bridgehead atoms. The maximum absolute atomic E-state index is 9.75. The highest BCUT2D eigenvalue weighted by atomic mass is 16.4. The molecule has 3 nitrogen and oxygen atoms in total. The van der Waals surface area contributed by atoms with E-state index in [4.69, 9.17) is 0 Å². The monoisotopic (exact) mass is 275 g/mol. The molecule has 0 amide bonds. The quantitative estimate of drug-likeness (QED) is 0.851. The van der Waals surface area contributed by atoms with Crippen LogP contribution < -0.4 is 10.4 Å². The standard InChI is InChI=1S/C12H17N.C5H8O2/c1-10(2)11(3)13-9-12-7-5-4-6-8-12;1-3-4(2)5(6)7/h4-8,13H,9H2,1-3H3;3H,1-2H3,(H,6,7). The van der Waals surface area contributed by atoms with Crippen molar-refractivity contribution < 1.29 is 15.2 Å². The number of carbonyl (C=O) groups excluding carboxylic acids is 1. The van der Waals surface area contributed by atoms with Crippen LogP contribution in [0, 0.1) is 0 Å². The van der Waals surface area contributed by atoms with Crippen molar-refractivity contribution in [1.82, 2.24) is 0 Å². The summed E-state index contributed by atoms with van der Waals surface area (Å²) in [7, 11) is 0. The Bertz CT molecular complexity index is 469. The third-order valence-corrected chi connectivity index (χ3v) is 3.03. The number of quaternary nitrogens is 1. The molecule has 2 N–H and O–H groups in total. The van der Waals surface area contributed by atoms with E-state index in [1.807, 2.05) is 0 Å². The van der Waals surface area contributed by atoms with Crippen LogP contribution in [0.5, 0.6) is 0 Å². The van der Waals surface area contributed by atoms with Crippen LogP contribution in [0.3, 0.4) is 0 Å². The summed E-state index contributed by atoms with van der Waals surface area (Å²) in [4.78, 5) is 9.75. The Morgan fingerprint density at radius 3 is 2.05 bits per heavy atom. The molecule has 0 aliphatic rings. The van der Waals surface area contributed by atoms with Crippen LogP contribution >= 0.6 is 0 Å². The van der Waals surface area contributed by atoms with Gasteiger partial charge in [0.1, 0.15) is 12.2 Å². The van der Waals surface area contributed by atoms with Crippen LogP contribution in [0.25, 0.3) is 0 Å². The lowest BCUT2D eigenvalue weighted by atomic mass is 10.2. The van der Waals surface area contributed by atoms with E-state index in [0.29, 0.717) is 0 Å². The Labute approximate surface area is 122 Å². The minimum Gasteiger partial charge on any atom is -0.545 e. The molecule has 0 unspecified atom stereocenters. The molecule has 0 heterocycles. The Morgan fingerprint density at radius 2 is 1.70 bits per heavy atom. The van der Waals surface area contributed by atoms with Crippen molar-refractivity contribution in [3.8, 4) is 0 Å². The van der Waals surface area contributed by atoms with Gasteiger partial charge in [-0.1, -0.05) is 36.4 Å². The molecule has 20 heavy (non-hydrogen) atoms. The van der Waals surface area contributed by atoms with Crippen LogP contribution in [0.15, 0.2) is 53.3 Å². The molecule has 0 spiro atoms. The van der Waals surface area contributed by atoms with E-state index in [2.05, 4.69) is 56.4 Å². The van der Waals surface area contributed by atoms with Gasteiger partial charge in [0.2, 0.25) is 0 Å². The van der Waals surface area contributed by atoms with E-state index in [0.717, 1.165) is 6.54 Å². The summed E-state index contributed by atoms with van der Waals surface area (Å²) in [5, 5.41) is 12.0. The minimum atomic E-state index is -1.09. The van der Waals surface area contributed by atoms with Crippen LogP contribution in [-0.4, -0.2) is 5.97 Å². The van der Waals surface area contributed by atoms with Crippen molar-refractivity contribution in [3.63, 3.8) is 0 Å². The average molecular weight is 275 g/mol. The first kappa shape index (κ1) is 18.1. The first-order valence-corrected chi connectivity index (χ1v) is 6.74. The van der Waals surface area contributed by atoms with Crippen LogP contribution in [0.2, 0.25) is 0 Å². The fourth-order valence-electron chi connectivity index (χ4n) is 1.21. The minimum absolute atomic E-state index is 0.278. The fraction of sp³-hybridized carbons (Fsp3) is 0.353. The van der Waals surface area contributed by atoms with Crippen molar-refractivity contribution in [2.24, 2.45) is 0 Å². The van der Waals surface area contributed by atoms with E-state index in [9.17, 15) is 9.90 Å². The first-order valence-electron chi connectivity index (χ1n) is 6.74. The lowest BCUT2D eigenvalue weighted by molar-refractivity contribution is -0.623. The molecule has 0 saturated carbocycles. The molecule has 0 aliphatic carbocycles. The van der Waals surface area contributed by atoms with Gasteiger partial charge in [0.05, 0.1) is 5.97 Å².